The van der Waals surface area contributed by atoms with Crippen LogP contribution in [0.2, 0.25) is 10.0 Å². The maximum absolute atomic E-state index is 12.2. The Labute approximate surface area is 143 Å². The van der Waals surface area contributed by atoms with Crippen molar-refractivity contribution in [1.82, 2.24) is 0 Å². The second-order valence-electron chi connectivity index (χ2n) is 5.42. The van der Waals surface area contributed by atoms with Crippen molar-refractivity contribution in [3.63, 3.8) is 0 Å². The van der Waals surface area contributed by atoms with E-state index < -0.39 is 0 Å². The molecule has 0 bridgehead atoms. The fraction of sp³-hybridized carbons (Fsp3) is 0.176. The lowest BCUT2D eigenvalue weighted by Gasteiger charge is -2.09. The lowest BCUT2D eigenvalue weighted by molar-refractivity contribution is -0.117. The number of carbonyl (C=O) groups is 2. The van der Waals surface area contributed by atoms with E-state index in [9.17, 15) is 9.59 Å². The number of benzene rings is 2. The standard InChI is InChI=1S/C17H14Cl2N2O2/c18-12-5-8-15(14(19)9-12)21-17(23)11-3-6-13(7-4-11)20-16(22)10-1-2-10/h3-10H,1-2H2,(H,20,22)(H,21,23). The van der Waals surface area contributed by atoms with Gasteiger partial charge in [-0.2, -0.15) is 0 Å². The Morgan fingerprint density at radius 2 is 1.65 bits per heavy atom. The van der Waals surface area contributed by atoms with Gasteiger partial charge in [0, 0.05) is 22.2 Å². The molecule has 118 valence electrons. The van der Waals surface area contributed by atoms with Crippen LogP contribution in [-0.4, -0.2) is 11.8 Å². The van der Waals surface area contributed by atoms with Crippen molar-refractivity contribution < 1.29 is 9.59 Å². The van der Waals surface area contributed by atoms with Crippen molar-refractivity contribution in [2.24, 2.45) is 5.92 Å². The summed E-state index contributed by atoms with van der Waals surface area (Å²) in [5.74, 6) is -0.102. The van der Waals surface area contributed by atoms with E-state index in [1.165, 1.54) is 0 Å². The average Bonchev–Trinajstić information content (AvgIpc) is 3.35. The Bertz CT molecular complexity index is 756. The first-order valence-corrected chi connectivity index (χ1v) is 7.96. The van der Waals surface area contributed by atoms with Gasteiger partial charge >= 0.3 is 0 Å². The topological polar surface area (TPSA) is 58.2 Å². The highest BCUT2D eigenvalue weighted by Gasteiger charge is 2.29. The van der Waals surface area contributed by atoms with Gasteiger partial charge in [0.25, 0.3) is 5.91 Å². The molecule has 3 rings (SSSR count). The summed E-state index contributed by atoms with van der Waals surface area (Å²) < 4.78 is 0. The fourth-order valence-electron chi connectivity index (χ4n) is 2.08. The third-order valence-corrected chi connectivity index (χ3v) is 4.09. The number of halogens is 2. The van der Waals surface area contributed by atoms with Gasteiger partial charge in [-0.25, -0.2) is 0 Å². The van der Waals surface area contributed by atoms with E-state index in [4.69, 9.17) is 23.2 Å². The third kappa shape index (κ3) is 4.03. The largest absolute Gasteiger partial charge is 0.326 e. The van der Waals surface area contributed by atoms with Gasteiger partial charge in [0.1, 0.15) is 0 Å². The SMILES string of the molecule is O=C(Nc1ccc(Cl)cc1Cl)c1ccc(NC(=O)C2CC2)cc1. The molecule has 1 fully saturated rings. The molecule has 2 N–H and O–H groups in total. The van der Waals surface area contributed by atoms with Gasteiger partial charge in [0.05, 0.1) is 10.7 Å². The van der Waals surface area contributed by atoms with Crippen LogP contribution >= 0.6 is 23.2 Å². The van der Waals surface area contributed by atoms with Crippen LogP contribution in [0.5, 0.6) is 0 Å². The highest BCUT2D eigenvalue weighted by molar-refractivity contribution is 6.36. The van der Waals surface area contributed by atoms with E-state index in [-0.39, 0.29) is 17.7 Å². The molecule has 6 heteroatoms. The van der Waals surface area contributed by atoms with E-state index in [1.54, 1.807) is 42.5 Å². The number of amides is 2. The highest BCUT2D eigenvalue weighted by atomic mass is 35.5. The smallest absolute Gasteiger partial charge is 0.255 e. The van der Waals surface area contributed by atoms with Crippen LogP contribution in [0, 0.1) is 5.92 Å². The summed E-state index contributed by atoms with van der Waals surface area (Å²) >= 11 is 11.9. The van der Waals surface area contributed by atoms with Crippen LogP contribution < -0.4 is 10.6 Å². The first-order chi connectivity index (χ1) is 11.0. The molecule has 2 aromatic rings. The summed E-state index contributed by atoms with van der Waals surface area (Å²) in [6.07, 6.45) is 1.91. The lowest BCUT2D eigenvalue weighted by atomic mass is 10.2. The Balaban J connectivity index is 1.66. The molecule has 0 saturated heterocycles. The molecule has 0 atom stereocenters. The van der Waals surface area contributed by atoms with E-state index in [1.807, 2.05) is 0 Å². The highest BCUT2D eigenvalue weighted by Crippen LogP contribution is 2.30. The zero-order valence-corrected chi connectivity index (χ0v) is 13.6. The molecule has 4 nitrogen and oxygen atoms in total. The van der Waals surface area contributed by atoms with Crippen LogP contribution in [0.25, 0.3) is 0 Å². The molecule has 1 saturated carbocycles. The van der Waals surface area contributed by atoms with Crippen LogP contribution in [0.15, 0.2) is 42.5 Å². The van der Waals surface area contributed by atoms with Crippen LogP contribution in [-0.2, 0) is 4.79 Å². The minimum absolute atomic E-state index is 0.0372. The number of anilines is 2. The number of carbonyl (C=O) groups excluding carboxylic acids is 2. The second kappa shape index (κ2) is 6.60. The Morgan fingerprint density at radius 1 is 0.957 bits per heavy atom. The zero-order chi connectivity index (χ0) is 16.4. The summed E-state index contributed by atoms with van der Waals surface area (Å²) in [6.45, 7) is 0. The molecule has 2 amide bonds. The van der Waals surface area contributed by atoms with Gasteiger partial charge < -0.3 is 10.6 Å². The molecule has 0 aromatic heterocycles. The summed E-state index contributed by atoms with van der Waals surface area (Å²) in [5.41, 5.74) is 1.65. The molecule has 0 aliphatic heterocycles. The van der Waals surface area contributed by atoms with E-state index in [0.29, 0.717) is 27.0 Å². The average molecular weight is 349 g/mol. The summed E-state index contributed by atoms with van der Waals surface area (Å²) in [5, 5.41) is 6.43. The number of hydrogen-bond acceptors (Lipinski definition) is 2. The number of nitrogens with one attached hydrogen (secondary N) is 2. The van der Waals surface area contributed by atoms with E-state index >= 15 is 0 Å². The fourth-order valence-corrected chi connectivity index (χ4v) is 2.54. The minimum atomic E-state index is -0.283. The lowest BCUT2D eigenvalue weighted by Crippen LogP contribution is -2.14. The van der Waals surface area contributed by atoms with E-state index in [2.05, 4.69) is 10.6 Å². The predicted molar refractivity (Wildman–Crippen MR) is 92.2 cm³/mol. The zero-order valence-electron chi connectivity index (χ0n) is 12.1. The molecule has 1 aliphatic carbocycles. The summed E-state index contributed by atoms with van der Waals surface area (Å²) in [6, 6.07) is 11.6. The van der Waals surface area contributed by atoms with Gasteiger partial charge in [-0.15, -0.1) is 0 Å². The maximum atomic E-state index is 12.2. The molecule has 0 radical (unpaired) electrons. The number of hydrogen-bond donors (Lipinski definition) is 2. The first-order valence-electron chi connectivity index (χ1n) is 7.20. The quantitative estimate of drug-likeness (QED) is 0.848. The van der Waals surface area contributed by atoms with Gasteiger partial charge in [-0.1, -0.05) is 23.2 Å². The molecular formula is C17H14Cl2N2O2. The normalized spacial score (nSPS) is 13.5. The Hall–Kier alpha value is -2.04. The molecule has 0 spiro atoms. The monoisotopic (exact) mass is 348 g/mol. The summed E-state index contributed by atoms with van der Waals surface area (Å²) in [4.78, 5) is 23.9. The van der Waals surface area contributed by atoms with Crippen molar-refractivity contribution in [3.05, 3.63) is 58.1 Å². The molecule has 0 unspecified atom stereocenters. The molecule has 1 aliphatic rings. The minimum Gasteiger partial charge on any atom is -0.326 e. The van der Waals surface area contributed by atoms with Crippen molar-refractivity contribution in [3.8, 4) is 0 Å². The van der Waals surface area contributed by atoms with Crippen LogP contribution in [0.3, 0.4) is 0 Å². The van der Waals surface area contributed by atoms with Crippen LogP contribution in [0.1, 0.15) is 23.2 Å². The molecule has 0 heterocycles. The third-order valence-electron chi connectivity index (χ3n) is 3.54. The second-order valence-corrected chi connectivity index (χ2v) is 6.26. The first kappa shape index (κ1) is 15.8. The van der Waals surface area contributed by atoms with Gasteiger partial charge in [0.15, 0.2) is 0 Å². The Morgan fingerprint density at radius 3 is 2.26 bits per heavy atom. The molecule has 2 aromatic carbocycles. The van der Waals surface area contributed by atoms with E-state index in [0.717, 1.165) is 12.8 Å². The van der Waals surface area contributed by atoms with Crippen molar-refractivity contribution in [1.29, 1.82) is 0 Å². The van der Waals surface area contributed by atoms with Crippen molar-refractivity contribution in [2.75, 3.05) is 10.6 Å². The maximum Gasteiger partial charge on any atom is 0.255 e. The molecular weight excluding hydrogens is 335 g/mol. The van der Waals surface area contributed by atoms with Gasteiger partial charge in [-0.05, 0) is 55.3 Å². The van der Waals surface area contributed by atoms with Gasteiger partial charge in [-0.3, -0.25) is 9.59 Å². The molecule has 23 heavy (non-hydrogen) atoms. The predicted octanol–water partition coefficient (Wildman–Crippen LogP) is 4.59. The Kier molecular flexibility index (Phi) is 4.55. The number of rotatable bonds is 4. The van der Waals surface area contributed by atoms with Gasteiger partial charge in [0.2, 0.25) is 5.91 Å². The summed E-state index contributed by atoms with van der Waals surface area (Å²) in [7, 11) is 0. The van der Waals surface area contributed by atoms with Crippen LogP contribution in [0.4, 0.5) is 11.4 Å². The van der Waals surface area contributed by atoms with Crippen molar-refractivity contribution >= 4 is 46.4 Å². The van der Waals surface area contributed by atoms with Crippen molar-refractivity contribution in [2.45, 2.75) is 12.8 Å².